The number of hydrogen-bond acceptors (Lipinski definition) is 6. The molecule has 0 radical (unpaired) electrons. The normalized spacial score (nSPS) is 30.9. The first-order valence-electron chi connectivity index (χ1n) is 11.2. The molecule has 4 rings (SSSR count). The first-order chi connectivity index (χ1) is 15.2. The zero-order valence-electron chi connectivity index (χ0n) is 18.8. The summed E-state index contributed by atoms with van der Waals surface area (Å²) in [6.07, 6.45) is 1.03. The molecule has 2 heterocycles. The molecular formula is C23H32N4O4S. The van der Waals surface area contributed by atoms with Crippen molar-refractivity contribution in [1.82, 2.24) is 20.9 Å². The fourth-order valence-corrected chi connectivity index (χ4v) is 6.82. The van der Waals surface area contributed by atoms with Gasteiger partial charge in [-0.1, -0.05) is 38.1 Å². The number of aliphatic hydroxyl groups excluding tert-OH is 1. The van der Waals surface area contributed by atoms with E-state index in [1.807, 2.05) is 38.1 Å². The molecule has 2 aliphatic heterocycles. The molecule has 0 aromatic heterocycles. The Kier molecular flexibility index (Phi) is 6.51. The predicted octanol–water partition coefficient (Wildman–Crippen LogP) is 0.555. The van der Waals surface area contributed by atoms with Gasteiger partial charge in [0.1, 0.15) is 12.1 Å². The van der Waals surface area contributed by atoms with Gasteiger partial charge < -0.3 is 26.0 Å². The molecule has 2 saturated heterocycles. The molecule has 0 spiro atoms. The van der Waals surface area contributed by atoms with Gasteiger partial charge in [0.15, 0.2) is 0 Å². The number of hydrogen-bond donors (Lipinski definition) is 4. The number of aliphatic hydroxyl groups is 1. The molecule has 4 N–H and O–H groups in total. The summed E-state index contributed by atoms with van der Waals surface area (Å²) in [7, 11) is 1.68. The van der Waals surface area contributed by atoms with Crippen molar-refractivity contribution < 1.29 is 19.5 Å². The van der Waals surface area contributed by atoms with E-state index >= 15 is 0 Å². The van der Waals surface area contributed by atoms with E-state index in [0.29, 0.717) is 19.3 Å². The lowest BCUT2D eigenvalue weighted by atomic mass is 9.83. The zero-order chi connectivity index (χ0) is 23.0. The standard InChI is InChI=1S/C23H32N4O4S/c1-23(2)11-18-27(22(31)15(8-9-32-18)25-17(29)12-24-3)20(23)21(30)26-19-14-7-5-4-6-13(14)10-16(19)28/h4-7,15-16,18-20,24,28H,8-12H2,1-3H3,(H,25,29)(H,26,30)/t15-,16+,18-,19-,20+/m0/s1. The minimum atomic E-state index is -0.695. The SMILES string of the molecule is CNCC(=O)N[C@H]1CCS[C@H]2CC(C)(C)[C@@H](C(=O)N[C@H]3c4ccccc4C[C@H]3O)N2C1=O. The molecule has 3 amide bonds. The maximum atomic E-state index is 13.6. The van der Waals surface area contributed by atoms with Crippen LogP contribution >= 0.6 is 11.8 Å². The average Bonchev–Trinajstić information content (AvgIpc) is 3.14. The zero-order valence-corrected chi connectivity index (χ0v) is 19.6. The molecule has 5 atom stereocenters. The first-order valence-corrected chi connectivity index (χ1v) is 12.2. The highest BCUT2D eigenvalue weighted by Crippen LogP contribution is 2.46. The van der Waals surface area contributed by atoms with E-state index in [2.05, 4.69) is 16.0 Å². The number of amides is 3. The fraction of sp³-hybridized carbons (Fsp3) is 0.609. The number of carbonyl (C=O) groups excluding carboxylic acids is 3. The van der Waals surface area contributed by atoms with Crippen LogP contribution in [0.25, 0.3) is 0 Å². The Hall–Kier alpha value is -2.10. The van der Waals surface area contributed by atoms with Crippen molar-refractivity contribution in [2.75, 3.05) is 19.3 Å². The summed E-state index contributed by atoms with van der Waals surface area (Å²) in [6.45, 7) is 4.15. The molecule has 174 valence electrons. The quantitative estimate of drug-likeness (QED) is 0.511. The van der Waals surface area contributed by atoms with Crippen LogP contribution in [-0.2, 0) is 20.8 Å². The topological polar surface area (TPSA) is 111 Å². The van der Waals surface area contributed by atoms with Gasteiger partial charge in [-0.3, -0.25) is 14.4 Å². The van der Waals surface area contributed by atoms with Crippen LogP contribution in [0.1, 0.15) is 43.9 Å². The van der Waals surface area contributed by atoms with Crippen LogP contribution in [0.2, 0.25) is 0 Å². The number of fused-ring (bicyclic) bond motifs is 2. The highest BCUT2D eigenvalue weighted by Gasteiger charge is 2.54. The average molecular weight is 461 g/mol. The van der Waals surface area contributed by atoms with Crippen molar-refractivity contribution in [2.24, 2.45) is 5.41 Å². The second-order valence-corrected chi connectivity index (χ2v) is 10.8. The van der Waals surface area contributed by atoms with E-state index in [1.165, 1.54) is 0 Å². The van der Waals surface area contributed by atoms with Crippen LogP contribution < -0.4 is 16.0 Å². The Labute approximate surface area is 192 Å². The fourth-order valence-electron chi connectivity index (χ4n) is 5.24. The third-order valence-corrected chi connectivity index (χ3v) is 7.97. The van der Waals surface area contributed by atoms with Gasteiger partial charge in [0.05, 0.1) is 24.1 Å². The first kappa shape index (κ1) is 23.1. The molecule has 0 unspecified atom stereocenters. The van der Waals surface area contributed by atoms with E-state index in [0.717, 1.165) is 16.9 Å². The largest absolute Gasteiger partial charge is 0.390 e. The van der Waals surface area contributed by atoms with E-state index in [4.69, 9.17) is 0 Å². The number of thioether (sulfide) groups is 1. The van der Waals surface area contributed by atoms with Gasteiger partial charge >= 0.3 is 0 Å². The lowest BCUT2D eigenvalue weighted by molar-refractivity contribution is -0.144. The van der Waals surface area contributed by atoms with Crippen LogP contribution in [0.4, 0.5) is 0 Å². The minimum absolute atomic E-state index is 0.111. The van der Waals surface area contributed by atoms with Crippen molar-refractivity contribution >= 4 is 29.5 Å². The summed E-state index contributed by atoms with van der Waals surface area (Å²) in [6, 6.07) is 5.92. The van der Waals surface area contributed by atoms with Gasteiger partial charge in [0.25, 0.3) is 0 Å². The molecule has 0 saturated carbocycles. The van der Waals surface area contributed by atoms with Gasteiger partial charge in [0, 0.05) is 6.42 Å². The highest BCUT2D eigenvalue weighted by atomic mass is 32.2. The smallest absolute Gasteiger partial charge is 0.246 e. The number of nitrogens with zero attached hydrogens (tertiary/aromatic N) is 1. The Morgan fingerprint density at radius 2 is 2.00 bits per heavy atom. The third-order valence-electron chi connectivity index (χ3n) is 6.72. The molecular weight excluding hydrogens is 428 g/mol. The summed E-state index contributed by atoms with van der Waals surface area (Å²) in [4.78, 5) is 40.9. The predicted molar refractivity (Wildman–Crippen MR) is 123 cm³/mol. The molecule has 32 heavy (non-hydrogen) atoms. The summed E-state index contributed by atoms with van der Waals surface area (Å²) >= 11 is 1.67. The summed E-state index contributed by atoms with van der Waals surface area (Å²) in [5.41, 5.74) is 1.52. The molecule has 3 aliphatic rings. The van der Waals surface area contributed by atoms with Gasteiger partial charge in [0.2, 0.25) is 17.7 Å². The maximum Gasteiger partial charge on any atom is 0.246 e. The van der Waals surface area contributed by atoms with Crippen LogP contribution in [0.5, 0.6) is 0 Å². The summed E-state index contributed by atoms with van der Waals surface area (Å²) in [5.74, 6) is 0.0349. The van der Waals surface area contributed by atoms with Crippen LogP contribution in [-0.4, -0.2) is 70.6 Å². The number of benzene rings is 1. The molecule has 0 bridgehead atoms. The highest BCUT2D eigenvalue weighted by molar-refractivity contribution is 7.99. The van der Waals surface area contributed by atoms with Crippen molar-refractivity contribution in [3.63, 3.8) is 0 Å². The Morgan fingerprint density at radius 3 is 2.75 bits per heavy atom. The number of nitrogens with one attached hydrogen (secondary N) is 3. The third kappa shape index (κ3) is 4.25. The van der Waals surface area contributed by atoms with Crippen molar-refractivity contribution in [2.45, 2.75) is 62.7 Å². The molecule has 1 aromatic carbocycles. The molecule has 1 aromatic rings. The van der Waals surface area contributed by atoms with Crippen molar-refractivity contribution in [3.8, 4) is 0 Å². The Balaban J connectivity index is 1.57. The van der Waals surface area contributed by atoms with E-state index in [9.17, 15) is 19.5 Å². The molecule has 9 heteroatoms. The minimum Gasteiger partial charge on any atom is -0.390 e. The van der Waals surface area contributed by atoms with Crippen molar-refractivity contribution in [3.05, 3.63) is 35.4 Å². The van der Waals surface area contributed by atoms with Gasteiger partial charge in [-0.05, 0) is 42.2 Å². The van der Waals surface area contributed by atoms with E-state index in [1.54, 1.807) is 23.7 Å². The van der Waals surface area contributed by atoms with Crippen LogP contribution in [0.3, 0.4) is 0 Å². The molecule has 2 fully saturated rings. The lowest BCUT2D eigenvalue weighted by Crippen LogP contribution is -2.57. The second kappa shape index (κ2) is 9.03. The number of carbonyl (C=O) groups is 3. The Morgan fingerprint density at radius 1 is 1.25 bits per heavy atom. The monoisotopic (exact) mass is 460 g/mol. The summed E-state index contributed by atoms with van der Waals surface area (Å²) < 4.78 is 0. The van der Waals surface area contributed by atoms with E-state index < -0.39 is 29.6 Å². The lowest BCUT2D eigenvalue weighted by Gasteiger charge is -2.35. The van der Waals surface area contributed by atoms with Crippen LogP contribution in [0.15, 0.2) is 24.3 Å². The molecule has 1 aliphatic carbocycles. The Bertz CT molecular complexity index is 908. The molecule has 8 nitrogen and oxygen atoms in total. The number of likely N-dealkylation sites (N-methyl/N-ethyl adjacent to an activating group) is 1. The maximum absolute atomic E-state index is 13.6. The second-order valence-electron chi connectivity index (χ2n) is 9.56. The summed E-state index contributed by atoms with van der Waals surface area (Å²) in [5, 5.41) is 19.2. The van der Waals surface area contributed by atoms with Crippen LogP contribution in [0, 0.1) is 5.41 Å². The van der Waals surface area contributed by atoms with Gasteiger partial charge in [-0.15, -0.1) is 11.8 Å². The van der Waals surface area contributed by atoms with E-state index in [-0.39, 0.29) is 29.6 Å². The van der Waals surface area contributed by atoms with Gasteiger partial charge in [-0.25, -0.2) is 0 Å². The number of rotatable bonds is 5. The van der Waals surface area contributed by atoms with Gasteiger partial charge in [-0.2, -0.15) is 0 Å². The van der Waals surface area contributed by atoms with Crippen molar-refractivity contribution in [1.29, 1.82) is 0 Å².